The highest BCUT2D eigenvalue weighted by Crippen LogP contribution is 2.28. The molecule has 0 spiro atoms. The SMILES string of the molecule is CCOC(=O)c1c(C)[nH]c(C(=O)OC(c2ccccc2)c2ccccc2)c1C. The maximum absolute atomic E-state index is 13.0. The number of rotatable bonds is 6. The maximum atomic E-state index is 13.0. The molecule has 0 unspecified atom stereocenters. The molecule has 0 atom stereocenters. The van der Waals surface area contributed by atoms with E-state index in [1.54, 1.807) is 20.8 Å². The molecule has 1 heterocycles. The molecule has 2 aromatic carbocycles. The average Bonchev–Trinajstić information content (AvgIpc) is 3.01. The number of hydrogen-bond acceptors (Lipinski definition) is 4. The molecule has 28 heavy (non-hydrogen) atoms. The number of esters is 2. The Morgan fingerprint density at radius 1 is 0.893 bits per heavy atom. The summed E-state index contributed by atoms with van der Waals surface area (Å²) >= 11 is 0. The Morgan fingerprint density at radius 2 is 1.43 bits per heavy atom. The number of aromatic amines is 1. The minimum absolute atomic E-state index is 0.261. The van der Waals surface area contributed by atoms with E-state index in [4.69, 9.17) is 9.47 Å². The van der Waals surface area contributed by atoms with Crippen LogP contribution >= 0.6 is 0 Å². The van der Waals surface area contributed by atoms with E-state index < -0.39 is 18.0 Å². The predicted molar refractivity (Wildman–Crippen MR) is 106 cm³/mol. The number of hydrogen-bond donors (Lipinski definition) is 1. The Balaban J connectivity index is 1.93. The van der Waals surface area contributed by atoms with Crippen molar-refractivity contribution in [2.24, 2.45) is 0 Å². The summed E-state index contributed by atoms with van der Waals surface area (Å²) in [6.45, 7) is 5.47. The first-order valence-electron chi connectivity index (χ1n) is 9.20. The molecule has 3 aromatic rings. The third-order valence-corrected chi connectivity index (χ3v) is 4.55. The number of H-pyrrole nitrogens is 1. The lowest BCUT2D eigenvalue weighted by atomic mass is 10.0. The van der Waals surface area contributed by atoms with Gasteiger partial charge in [-0.05, 0) is 37.5 Å². The normalized spacial score (nSPS) is 10.7. The Hall–Kier alpha value is -3.34. The van der Waals surface area contributed by atoms with Gasteiger partial charge in [-0.15, -0.1) is 0 Å². The molecule has 3 rings (SSSR count). The number of carbonyl (C=O) groups excluding carboxylic acids is 2. The number of ether oxygens (including phenoxy) is 2. The van der Waals surface area contributed by atoms with Crippen LogP contribution in [0.25, 0.3) is 0 Å². The van der Waals surface area contributed by atoms with E-state index in [-0.39, 0.29) is 12.3 Å². The van der Waals surface area contributed by atoms with Crippen LogP contribution in [-0.4, -0.2) is 23.5 Å². The fraction of sp³-hybridized carbons (Fsp3) is 0.217. The van der Waals surface area contributed by atoms with Gasteiger partial charge in [-0.1, -0.05) is 60.7 Å². The van der Waals surface area contributed by atoms with Gasteiger partial charge in [0.2, 0.25) is 0 Å². The van der Waals surface area contributed by atoms with Gasteiger partial charge in [-0.3, -0.25) is 0 Å². The van der Waals surface area contributed by atoms with E-state index >= 15 is 0 Å². The summed E-state index contributed by atoms with van der Waals surface area (Å²) in [6.07, 6.45) is -0.552. The summed E-state index contributed by atoms with van der Waals surface area (Å²) in [5, 5.41) is 0. The van der Waals surface area contributed by atoms with Gasteiger partial charge in [0, 0.05) is 5.69 Å². The molecule has 0 radical (unpaired) electrons. The summed E-state index contributed by atoms with van der Waals surface area (Å²) in [5.41, 5.74) is 3.49. The first-order valence-corrected chi connectivity index (χ1v) is 9.20. The van der Waals surface area contributed by atoms with E-state index in [9.17, 15) is 9.59 Å². The molecule has 144 valence electrons. The zero-order valence-electron chi connectivity index (χ0n) is 16.2. The monoisotopic (exact) mass is 377 g/mol. The van der Waals surface area contributed by atoms with Gasteiger partial charge in [0.1, 0.15) is 5.69 Å². The number of aromatic nitrogens is 1. The van der Waals surface area contributed by atoms with E-state index in [1.165, 1.54) is 0 Å². The molecular weight excluding hydrogens is 354 g/mol. The second-order valence-corrected chi connectivity index (χ2v) is 6.45. The Kier molecular flexibility index (Phi) is 5.94. The van der Waals surface area contributed by atoms with Gasteiger partial charge in [0.05, 0.1) is 12.2 Å². The van der Waals surface area contributed by atoms with Crippen LogP contribution in [0.5, 0.6) is 0 Å². The van der Waals surface area contributed by atoms with Crippen molar-refractivity contribution in [2.45, 2.75) is 26.9 Å². The number of nitrogens with one attached hydrogen (secondary N) is 1. The largest absolute Gasteiger partial charge is 0.462 e. The maximum Gasteiger partial charge on any atom is 0.356 e. The van der Waals surface area contributed by atoms with Gasteiger partial charge in [0.15, 0.2) is 6.10 Å². The highest BCUT2D eigenvalue weighted by molar-refractivity contribution is 5.98. The lowest BCUT2D eigenvalue weighted by Crippen LogP contribution is -2.14. The first kappa shape index (κ1) is 19.4. The Bertz CT molecular complexity index is 922. The second-order valence-electron chi connectivity index (χ2n) is 6.45. The molecule has 5 nitrogen and oxygen atoms in total. The van der Waals surface area contributed by atoms with E-state index in [0.717, 1.165) is 11.1 Å². The number of benzene rings is 2. The fourth-order valence-corrected chi connectivity index (χ4v) is 3.21. The third kappa shape index (κ3) is 3.98. The molecule has 0 aliphatic rings. The van der Waals surface area contributed by atoms with Gasteiger partial charge in [-0.2, -0.15) is 0 Å². The number of carbonyl (C=O) groups is 2. The quantitative estimate of drug-likeness (QED) is 0.629. The Morgan fingerprint density at radius 3 is 1.93 bits per heavy atom. The molecule has 0 aliphatic carbocycles. The molecule has 1 aromatic heterocycles. The molecule has 0 fully saturated rings. The zero-order chi connectivity index (χ0) is 20.1. The second kappa shape index (κ2) is 8.57. The first-order chi connectivity index (χ1) is 13.5. The van der Waals surface area contributed by atoms with Crippen molar-refractivity contribution in [3.8, 4) is 0 Å². The summed E-state index contributed by atoms with van der Waals surface area (Å²) in [6, 6.07) is 19.1. The number of aryl methyl sites for hydroxylation is 1. The molecule has 1 N–H and O–H groups in total. The minimum Gasteiger partial charge on any atom is -0.462 e. The Labute approximate surface area is 164 Å². The molecule has 0 saturated heterocycles. The van der Waals surface area contributed by atoms with Crippen molar-refractivity contribution < 1.29 is 19.1 Å². The molecule has 0 amide bonds. The van der Waals surface area contributed by atoms with Crippen molar-refractivity contribution >= 4 is 11.9 Å². The standard InChI is InChI=1S/C23H23NO4/c1-4-27-22(25)19-15(2)20(24-16(19)3)23(26)28-21(17-11-7-5-8-12-17)18-13-9-6-10-14-18/h5-14,21,24H,4H2,1-3H3. The lowest BCUT2D eigenvalue weighted by Gasteiger charge is -2.19. The zero-order valence-corrected chi connectivity index (χ0v) is 16.2. The summed E-state index contributed by atoms with van der Waals surface area (Å²) < 4.78 is 11.0. The minimum atomic E-state index is -0.552. The van der Waals surface area contributed by atoms with E-state index in [2.05, 4.69) is 4.98 Å². The van der Waals surface area contributed by atoms with Gasteiger partial charge in [-0.25, -0.2) is 9.59 Å². The van der Waals surface area contributed by atoms with Crippen LogP contribution < -0.4 is 0 Å². The highest BCUT2D eigenvalue weighted by Gasteiger charge is 2.26. The van der Waals surface area contributed by atoms with Crippen molar-refractivity contribution in [3.05, 3.63) is 94.3 Å². The smallest absolute Gasteiger partial charge is 0.356 e. The topological polar surface area (TPSA) is 68.4 Å². The summed E-state index contributed by atoms with van der Waals surface area (Å²) in [5.74, 6) is -0.968. The lowest BCUT2D eigenvalue weighted by molar-refractivity contribution is 0.0371. The van der Waals surface area contributed by atoms with Crippen LogP contribution in [0.15, 0.2) is 60.7 Å². The van der Waals surface area contributed by atoms with Crippen LogP contribution in [-0.2, 0) is 9.47 Å². The summed E-state index contributed by atoms with van der Waals surface area (Å²) in [4.78, 5) is 28.1. The highest BCUT2D eigenvalue weighted by atomic mass is 16.5. The van der Waals surface area contributed by atoms with Crippen molar-refractivity contribution in [1.29, 1.82) is 0 Å². The van der Waals surface area contributed by atoms with Crippen LogP contribution in [0.4, 0.5) is 0 Å². The van der Waals surface area contributed by atoms with Crippen molar-refractivity contribution in [3.63, 3.8) is 0 Å². The van der Waals surface area contributed by atoms with Gasteiger partial charge < -0.3 is 14.5 Å². The molecule has 0 saturated carbocycles. The van der Waals surface area contributed by atoms with E-state index in [1.807, 2.05) is 60.7 Å². The van der Waals surface area contributed by atoms with Crippen LogP contribution in [0, 0.1) is 13.8 Å². The molecule has 0 aliphatic heterocycles. The fourth-order valence-electron chi connectivity index (χ4n) is 3.21. The average molecular weight is 377 g/mol. The van der Waals surface area contributed by atoms with Crippen LogP contribution in [0.2, 0.25) is 0 Å². The predicted octanol–water partition coefficient (Wildman–Crippen LogP) is 4.75. The van der Waals surface area contributed by atoms with E-state index in [0.29, 0.717) is 16.8 Å². The van der Waals surface area contributed by atoms with Gasteiger partial charge in [0.25, 0.3) is 0 Å². The molecule has 0 bridgehead atoms. The van der Waals surface area contributed by atoms with Gasteiger partial charge >= 0.3 is 11.9 Å². The van der Waals surface area contributed by atoms with Crippen molar-refractivity contribution in [2.75, 3.05) is 6.61 Å². The summed E-state index contributed by atoms with van der Waals surface area (Å²) in [7, 11) is 0. The molecule has 5 heteroatoms. The van der Waals surface area contributed by atoms with Crippen LogP contribution in [0.1, 0.15) is 56.3 Å². The van der Waals surface area contributed by atoms with Crippen LogP contribution in [0.3, 0.4) is 0 Å². The third-order valence-electron chi connectivity index (χ3n) is 4.55. The molecular formula is C23H23NO4. The van der Waals surface area contributed by atoms with Crippen molar-refractivity contribution in [1.82, 2.24) is 4.98 Å².